The number of thioether (sulfide) groups is 1. The molecular formula is C27H27FN5O7S+. The zero-order chi connectivity index (χ0) is 29.4. The zero-order valence-corrected chi connectivity index (χ0v) is 22.9. The maximum atomic E-state index is 15.1. The number of cyclic esters (lactones) is 1. The summed E-state index contributed by atoms with van der Waals surface area (Å²) in [5.41, 5.74) is 1.66. The van der Waals surface area contributed by atoms with E-state index in [0.29, 0.717) is 28.1 Å². The summed E-state index contributed by atoms with van der Waals surface area (Å²) in [5, 5.41) is 14.5. The average molecular weight is 585 g/mol. The number of aliphatic carboxylic acids is 1. The van der Waals surface area contributed by atoms with Gasteiger partial charge in [-0.25, -0.2) is 18.5 Å². The number of pyridine rings is 1. The van der Waals surface area contributed by atoms with Gasteiger partial charge >= 0.3 is 12.1 Å². The maximum Gasteiger partial charge on any atom is 0.414 e. The lowest BCUT2D eigenvalue weighted by Gasteiger charge is -2.49. The standard InChI is InChI=1S/C27H26FN5O7S/c1-14(34)29-10-19-12-32(27(39)40-19)18-3-4-20(21(28)9-18)16-5-7-31(8-6-16)11-17-13-41-25-22(30-15(2)35)24(36)33(25)23(17)26(37)38/h3-9,19,22,25H,10-13H2,1-2H3,(H2-,29,30,34,35,37,38)/p+1/t19-,22+,25?/m0/s1. The number of benzene rings is 1. The van der Waals surface area contributed by atoms with Crippen LogP contribution in [-0.2, 0) is 30.5 Å². The molecule has 0 spiro atoms. The van der Waals surface area contributed by atoms with Crippen LogP contribution in [0.4, 0.5) is 14.9 Å². The van der Waals surface area contributed by atoms with Gasteiger partial charge in [0.1, 0.15) is 29.0 Å². The minimum Gasteiger partial charge on any atom is -0.477 e. The van der Waals surface area contributed by atoms with Gasteiger partial charge in [0.15, 0.2) is 18.9 Å². The van der Waals surface area contributed by atoms with Gasteiger partial charge < -0.3 is 20.5 Å². The van der Waals surface area contributed by atoms with E-state index in [0.717, 1.165) is 0 Å². The number of carbonyl (C=O) groups excluding carboxylic acids is 4. The van der Waals surface area contributed by atoms with Gasteiger partial charge in [0.2, 0.25) is 11.8 Å². The van der Waals surface area contributed by atoms with Crippen LogP contribution in [0.2, 0.25) is 0 Å². The molecule has 0 bridgehead atoms. The smallest absolute Gasteiger partial charge is 0.414 e. The van der Waals surface area contributed by atoms with Crippen LogP contribution in [0, 0.1) is 5.82 Å². The Bertz CT molecular complexity index is 1480. The van der Waals surface area contributed by atoms with Gasteiger partial charge in [-0.1, -0.05) is 0 Å². The van der Waals surface area contributed by atoms with Gasteiger partial charge in [-0.2, -0.15) is 0 Å². The van der Waals surface area contributed by atoms with Crippen molar-refractivity contribution in [1.29, 1.82) is 0 Å². The predicted octanol–water partition coefficient (Wildman–Crippen LogP) is 1.000. The van der Waals surface area contributed by atoms with Crippen LogP contribution in [0.1, 0.15) is 13.8 Å². The Morgan fingerprint density at radius 2 is 1.88 bits per heavy atom. The van der Waals surface area contributed by atoms with Crippen molar-refractivity contribution < 1.29 is 42.8 Å². The molecule has 1 aromatic carbocycles. The second kappa shape index (κ2) is 11.2. The Hall–Kier alpha value is -4.46. The molecule has 2 aromatic rings. The Morgan fingerprint density at radius 1 is 1.15 bits per heavy atom. The second-order valence-corrected chi connectivity index (χ2v) is 10.9. The minimum absolute atomic E-state index is 0.0849. The van der Waals surface area contributed by atoms with E-state index < -0.39 is 41.3 Å². The molecule has 5 rings (SSSR count). The number of rotatable bonds is 8. The van der Waals surface area contributed by atoms with Crippen LogP contribution in [0.5, 0.6) is 0 Å². The first-order valence-electron chi connectivity index (χ1n) is 12.7. The summed E-state index contributed by atoms with van der Waals surface area (Å²) in [5.74, 6) is -2.47. The van der Waals surface area contributed by atoms with E-state index in [-0.39, 0.29) is 37.1 Å². The van der Waals surface area contributed by atoms with E-state index in [1.54, 1.807) is 41.2 Å². The van der Waals surface area contributed by atoms with Crippen LogP contribution >= 0.6 is 11.8 Å². The minimum atomic E-state index is -1.22. The molecule has 14 heteroatoms. The topological polar surface area (TPSA) is 149 Å². The molecule has 0 saturated carbocycles. The highest BCUT2D eigenvalue weighted by atomic mass is 32.2. The second-order valence-electron chi connectivity index (χ2n) is 9.82. The SMILES string of the molecule is CC(=O)NC[C@H]1CN(c2ccc(-c3cc[n+](CC4=C(C(=O)O)N5C(=O)[C@@H](NC(C)=O)C5SC4)cc3)c(F)c2)C(=O)O1. The molecule has 0 radical (unpaired) electrons. The summed E-state index contributed by atoms with van der Waals surface area (Å²) in [7, 11) is 0. The highest BCUT2D eigenvalue weighted by molar-refractivity contribution is 8.00. The van der Waals surface area contributed by atoms with Crippen LogP contribution in [0.25, 0.3) is 11.1 Å². The Labute approximate surface area is 238 Å². The van der Waals surface area contributed by atoms with Crippen LogP contribution in [0.15, 0.2) is 54.0 Å². The molecule has 1 unspecified atom stereocenters. The number of nitrogens with zero attached hydrogens (tertiary/aromatic N) is 3. The third kappa shape index (κ3) is 5.59. The molecule has 4 amide bonds. The van der Waals surface area contributed by atoms with Crippen molar-refractivity contribution in [1.82, 2.24) is 15.5 Å². The lowest BCUT2D eigenvalue weighted by Crippen LogP contribution is -2.70. The highest BCUT2D eigenvalue weighted by Gasteiger charge is 2.54. The van der Waals surface area contributed by atoms with E-state index >= 15 is 4.39 Å². The molecule has 0 aliphatic carbocycles. The molecular weight excluding hydrogens is 557 g/mol. The Morgan fingerprint density at radius 3 is 2.51 bits per heavy atom. The molecule has 3 aliphatic rings. The first-order chi connectivity index (χ1) is 19.5. The van der Waals surface area contributed by atoms with E-state index in [4.69, 9.17) is 4.74 Å². The number of carboxylic acids is 1. The van der Waals surface area contributed by atoms with E-state index in [1.807, 2.05) is 0 Å². The van der Waals surface area contributed by atoms with Crippen molar-refractivity contribution >= 4 is 47.2 Å². The van der Waals surface area contributed by atoms with Crippen molar-refractivity contribution in [3.8, 4) is 11.1 Å². The number of β-lactam (4-membered cyclic amide) rings is 1. The van der Waals surface area contributed by atoms with Gasteiger partial charge in [-0.05, 0) is 23.8 Å². The number of carbonyl (C=O) groups is 5. The molecule has 4 heterocycles. The number of hydrogen-bond donors (Lipinski definition) is 3. The highest BCUT2D eigenvalue weighted by Crippen LogP contribution is 2.40. The number of amides is 4. The van der Waals surface area contributed by atoms with Gasteiger partial charge in [0, 0.05) is 42.9 Å². The van der Waals surface area contributed by atoms with E-state index in [1.165, 1.54) is 41.5 Å². The number of anilines is 1. The predicted molar refractivity (Wildman–Crippen MR) is 144 cm³/mol. The molecule has 3 N–H and O–H groups in total. The number of aromatic nitrogens is 1. The molecule has 3 aliphatic heterocycles. The first-order valence-corrected chi connectivity index (χ1v) is 13.8. The quantitative estimate of drug-likeness (QED) is 0.307. The summed E-state index contributed by atoms with van der Waals surface area (Å²) in [4.78, 5) is 62.0. The molecule has 41 heavy (non-hydrogen) atoms. The molecule has 2 fully saturated rings. The van der Waals surface area contributed by atoms with Crippen molar-refractivity contribution in [2.45, 2.75) is 37.9 Å². The largest absolute Gasteiger partial charge is 0.477 e. The summed E-state index contributed by atoms with van der Waals surface area (Å²) < 4.78 is 22.1. The normalized spacial score (nSPS) is 21.7. The molecule has 214 valence electrons. The monoisotopic (exact) mass is 584 g/mol. The molecule has 3 atom stereocenters. The maximum absolute atomic E-state index is 15.1. The summed E-state index contributed by atoms with van der Waals surface area (Å²) in [6.45, 7) is 3.21. The third-order valence-corrected chi connectivity index (χ3v) is 8.24. The van der Waals surface area contributed by atoms with Crippen molar-refractivity contribution in [3.63, 3.8) is 0 Å². The number of carboxylic acid groups (broad SMARTS) is 1. The summed E-state index contributed by atoms with van der Waals surface area (Å²) in [6.07, 6.45) is 2.21. The van der Waals surface area contributed by atoms with Crippen LogP contribution in [-0.4, -0.2) is 76.2 Å². The van der Waals surface area contributed by atoms with Crippen molar-refractivity contribution in [2.24, 2.45) is 0 Å². The van der Waals surface area contributed by atoms with Crippen LogP contribution in [0.3, 0.4) is 0 Å². The third-order valence-electron chi connectivity index (χ3n) is 6.90. The van der Waals surface area contributed by atoms with Gasteiger partial charge in [-0.15, -0.1) is 11.8 Å². The number of fused-ring (bicyclic) bond motifs is 1. The molecule has 12 nitrogen and oxygen atoms in total. The fourth-order valence-corrected chi connectivity index (χ4v) is 6.32. The molecule has 1 aromatic heterocycles. The lowest BCUT2D eigenvalue weighted by atomic mass is 10.0. The molecule has 2 saturated heterocycles. The number of nitrogens with one attached hydrogen (secondary N) is 2. The van der Waals surface area contributed by atoms with E-state index in [2.05, 4.69) is 10.6 Å². The fraction of sp³-hybridized carbons (Fsp3) is 0.333. The Balaban J connectivity index is 1.29. The summed E-state index contributed by atoms with van der Waals surface area (Å²) >= 11 is 1.38. The van der Waals surface area contributed by atoms with E-state index in [9.17, 15) is 29.1 Å². The zero-order valence-electron chi connectivity index (χ0n) is 22.1. The summed E-state index contributed by atoms with van der Waals surface area (Å²) in [6, 6.07) is 7.04. The van der Waals surface area contributed by atoms with Gasteiger partial charge in [-0.3, -0.25) is 24.2 Å². The van der Waals surface area contributed by atoms with Crippen molar-refractivity contribution in [2.75, 3.05) is 23.7 Å². The first kappa shape index (κ1) is 28.1. The number of halogens is 1. The van der Waals surface area contributed by atoms with Gasteiger partial charge in [0.25, 0.3) is 5.91 Å². The fourth-order valence-electron chi connectivity index (χ4n) is 4.99. The van der Waals surface area contributed by atoms with Crippen molar-refractivity contribution in [3.05, 3.63) is 59.8 Å². The lowest BCUT2D eigenvalue weighted by molar-refractivity contribution is -0.689. The number of ether oxygens (including phenoxy) is 1. The average Bonchev–Trinajstić information content (AvgIpc) is 3.31. The van der Waals surface area contributed by atoms with Gasteiger partial charge in [0.05, 0.1) is 18.8 Å². The Kier molecular flexibility index (Phi) is 7.67. The number of hydrogen-bond acceptors (Lipinski definition) is 7. The van der Waals surface area contributed by atoms with Crippen LogP contribution < -0.4 is 20.1 Å².